The van der Waals surface area contributed by atoms with E-state index in [1.54, 1.807) is 24.3 Å². The van der Waals surface area contributed by atoms with Crippen molar-refractivity contribution in [3.63, 3.8) is 0 Å². The maximum absolute atomic E-state index is 13.4. The lowest BCUT2D eigenvalue weighted by Crippen LogP contribution is -2.52. The summed E-state index contributed by atoms with van der Waals surface area (Å²) in [6, 6.07) is 12.1. The van der Waals surface area contributed by atoms with Crippen LogP contribution in [0.1, 0.15) is 58.4 Å². The van der Waals surface area contributed by atoms with Crippen LogP contribution in [-0.4, -0.2) is 76.4 Å². The zero-order chi connectivity index (χ0) is 29.5. The number of piperidine rings is 2. The molecule has 0 unspecified atom stereocenters. The van der Waals surface area contributed by atoms with E-state index in [1.165, 1.54) is 6.07 Å². The summed E-state index contributed by atoms with van der Waals surface area (Å²) in [5.41, 5.74) is 0.559. The highest BCUT2D eigenvalue weighted by atomic mass is 32.2. The molecule has 0 bridgehead atoms. The van der Waals surface area contributed by atoms with Crippen molar-refractivity contribution < 1.29 is 32.2 Å². The molecule has 3 saturated heterocycles. The van der Waals surface area contributed by atoms with Gasteiger partial charge in [0, 0.05) is 42.1 Å². The van der Waals surface area contributed by atoms with Crippen molar-refractivity contribution in [3.8, 4) is 11.5 Å². The summed E-state index contributed by atoms with van der Waals surface area (Å²) >= 11 is 0. The van der Waals surface area contributed by atoms with E-state index in [-0.39, 0.29) is 33.8 Å². The van der Waals surface area contributed by atoms with E-state index in [9.17, 15) is 13.2 Å². The fraction of sp³-hybridized carbons (Fsp3) is 0.594. The van der Waals surface area contributed by atoms with Crippen molar-refractivity contribution in [1.82, 2.24) is 9.80 Å². The highest BCUT2D eigenvalue weighted by molar-refractivity contribution is 7.91. The molecule has 0 aliphatic carbocycles. The predicted molar refractivity (Wildman–Crippen MR) is 156 cm³/mol. The number of ether oxygens (including phenoxy) is 4. The molecule has 3 fully saturated rings. The van der Waals surface area contributed by atoms with Crippen molar-refractivity contribution in [1.29, 1.82) is 0 Å². The molecule has 2 aromatic rings. The smallest absolute Gasteiger partial charge is 0.231 e. The first-order valence-electron chi connectivity index (χ1n) is 15.2. The van der Waals surface area contributed by atoms with Crippen LogP contribution in [-0.2, 0) is 29.9 Å². The molecule has 2 aromatic carbocycles. The predicted octanol–water partition coefficient (Wildman–Crippen LogP) is 4.59. The first-order chi connectivity index (χ1) is 20.1. The molecule has 9 nitrogen and oxygen atoms in total. The number of nitrogens with zero attached hydrogens (tertiary/aromatic N) is 2. The molecule has 10 heteroatoms. The first-order valence-corrected chi connectivity index (χ1v) is 16.7. The molecule has 0 saturated carbocycles. The van der Waals surface area contributed by atoms with E-state index in [0.717, 1.165) is 63.8 Å². The fourth-order valence-corrected chi connectivity index (χ4v) is 8.05. The Hall–Kier alpha value is -2.66. The number of benzene rings is 2. The summed E-state index contributed by atoms with van der Waals surface area (Å²) in [5.74, 6) is 0.554. The van der Waals surface area contributed by atoms with Crippen LogP contribution in [0.5, 0.6) is 11.5 Å². The number of carbonyl (C=O) groups excluding carboxylic acids is 1. The van der Waals surface area contributed by atoms with Gasteiger partial charge >= 0.3 is 0 Å². The number of likely N-dealkylation sites (tertiary alicyclic amines) is 2. The van der Waals surface area contributed by atoms with Gasteiger partial charge in [0.1, 0.15) is 0 Å². The lowest BCUT2D eigenvalue weighted by molar-refractivity contribution is -0.215. The molecule has 228 valence electrons. The van der Waals surface area contributed by atoms with Gasteiger partial charge in [0.25, 0.3) is 0 Å². The van der Waals surface area contributed by atoms with Crippen LogP contribution in [0.4, 0.5) is 0 Å². The molecule has 4 aliphatic rings. The van der Waals surface area contributed by atoms with Crippen LogP contribution in [0.2, 0.25) is 0 Å². The summed E-state index contributed by atoms with van der Waals surface area (Å²) < 4.78 is 50.1. The van der Waals surface area contributed by atoms with Crippen molar-refractivity contribution in [3.05, 3.63) is 48.0 Å². The summed E-state index contributed by atoms with van der Waals surface area (Å²) in [7, 11) is -3.73. The van der Waals surface area contributed by atoms with Gasteiger partial charge in [-0.15, -0.1) is 0 Å². The molecule has 6 rings (SSSR count). The zero-order valence-electron chi connectivity index (χ0n) is 24.8. The molecule has 0 N–H and O–H groups in total. The minimum atomic E-state index is -3.73. The van der Waals surface area contributed by atoms with Gasteiger partial charge in [0.2, 0.25) is 22.5 Å². The maximum atomic E-state index is 13.4. The van der Waals surface area contributed by atoms with Crippen LogP contribution >= 0.6 is 0 Å². The summed E-state index contributed by atoms with van der Waals surface area (Å²) in [4.78, 5) is 17.9. The number of rotatable bonds is 7. The van der Waals surface area contributed by atoms with Crippen LogP contribution in [0.3, 0.4) is 0 Å². The summed E-state index contributed by atoms with van der Waals surface area (Å²) in [5, 5.41) is 0. The van der Waals surface area contributed by atoms with Gasteiger partial charge < -0.3 is 28.7 Å². The maximum Gasteiger partial charge on any atom is 0.231 e. The van der Waals surface area contributed by atoms with Crippen molar-refractivity contribution in [2.45, 2.75) is 74.5 Å². The van der Waals surface area contributed by atoms with Gasteiger partial charge in [-0.05, 0) is 69.5 Å². The van der Waals surface area contributed by atoms with E-state index in [1.807, 2.05) is 26.0 Å². The zero-order valence-corrected chi connectivity index (χ0v) is 25.7. The van der Waals surface area contributed by atoms with Crippen LogP contribution < -0.4 is 9.47 Å². The normalized spacial score (nSPS) is 22.0. The molecule has 4 aliphatic heterocycles. The van der Waals surface area contributed by atoms with Crippen LogP contribution in [0.25, 0.3) is 0 Å². The topological polar surface area (TPSA) is 94.6 Å². The fourth-order valence-electron chi connectivity index (χ4n) is 6.77. The first kappa shape index (κ1) is 29.4. The van der Waals surface area contributed by atoms with Crippen LogP contribution in [0.15, 0.2) is 52.3 Å². The Morgan fingerprint density at radius 3 is 2.14 bits per heavy atom. The highest BCUT2D eigenvalue weighted by Gasteiger charge is 2.47. The quantitative estimate of drug-likeness (QED) is 0.457. The third kappa shape index (κ3) is 5.31. The Labute approximate surface area is 249 Å². The molecule has 0 aromatic heterocycles. The Balaban J connectivity index is 1.11. The SMILES string of the molecule is CCC(C)(C)C(=O)N1CCC(N2CCC(C3(c4ccc(S(=O)(=O)c5ccc6c(c5)OCO6)cc4)OCCO3)CC2)CC1. The van der Waals surface area contributed by atoms with E-state index in [2.05, 4.69) is 16.7 Å². The monoisotopic (exact) mass is 598 g/mol. The molecular formula is C32H42N2O7S. The van der Waals surface area contributed by atoms with Crippen molar-refractivity contribution in [2.24, 2.45) is 11.3 Å². The molecule has 4 heterocycles. The molecule has 1 amide bonds. The third-order valence-corrected chi connectivity index (χ3v) is 11.5. The molecule has 42 heavy (non-hydrogen) atoms. The van der Waals surface area contributed by atoms with Gasteiger partial charge in [-0.25, -0.2) is 8.42 Å². The third-order valence-electron chi connectivity index (χ3n) is 9.74. The molecule has 0 atom stereocenters. The van der Waals surface area contributed by atoms with E-state index in [4.69, 9.17) is 18.9 Å². The minimum absolute atomic E-state index is 0.0896. The van der Waals surface area contributed by atoms with E-state index >= 15 is 0 Å². The van der Waals surface area contributed by atoms with Crippen molar-refractivity contribution in [2.75, 3.05) is 46.2 Å². The van der Waals surface area contributed by atoms with Gasteiger partial charge in [-0.1, -0.05) is 32.9 Å². The Bertz CT molecular complexity index is 1390. The van der Waals surface area contributed by atoms with Crippen LogP contribution in [0, 0.1) is 11.3 Å². The number of hydrogen-bond donors (Lipinski definition) is 0. The Morgan fingerprint density at radius 2 is 1.50 bits per heavy atom. The summed E-state index contributed by atoms with van der Waals surface area (Å²) in [6.07, 6.45) is 4.73. The highest BCUT2D eigenvalue weighted by Crippen LogP contribution is 2.44. The lowest BCUT2D eigenvalue weighted by atomic mass is 9.83. The van der Waals surface area contributed by atoms with Gasteiger partial charge in [0.05, 0.1) is 23.0 Å². The number of hydrogen-bond acceptors (Lipinski definition) is 8. The Kier molecular flexibility index (Phi) is 8.02. The number of fused-ring (bicyclic) bond motifs is 1. The van der Waals surface area contributed by atoms with Crippen molar-refractivity contribution >= 4 is 15.7 Å². The average molecular weight is 599 g/mol. The average Bonchev–Trinajstić information content (AvgIpc) is 3.71. The molecular weight excluding hydrogens is 556 g/mol. The molecule has 0 spiro atoms. The number of amides is 1. The standard InChI is InChI=1S/C32H42N2O7S/c1-4-31(2,3)30(35)34-17-13-25(14-18-34)33-15-11-24(12-16-33)32(40-19-20-41-32)23-5-7-26(8-6-23)42(36,37)27-9-10-28-29(21-27)39-22-38-28/h5-10,21,24-25H,4,11-20,22H2,1-3H3. The van der Waals surface area contributed by atoms with Gasteiger partial charge in [-0.3, -0.25) is 4.79 Å². The van der Waals surface area contributed by atoms with Gasteiger partial charge in [0.15, 0.2) is 17.3 Å². The lowest BCUT2D eigenvalue weighted by Gasteiger charge is -2.45. The summed E-state index contributed by atoms with van der Waals surface area (Å²) in [6.45, 7) is 10.8. The Morgan fingerprint density at radius 1 is 0.881 bits per heavy atom. The largest absolute Gasteiger partial charge is 0.454 e. The second-order valence-corrected chi connectivity index (χ2v) is 14.4. The van der Waals surface area contributed by atoms with Gasteiger partial charge in [-0.2, -0.15) is 0 Å². The second kappa shape index (κ2) is 11.4. The van der Waals surface area contributed by atoms with E-state index < -0.39 is 15.6 Å². The second-order valence-electron chi connectivity index (χ2n) is 12.5. The number of carbonyl (C=O) groups is 1. The molecule has 0 radical (unpaired) electrons. The van der Waals surface area contributed by atoms with E-state index in [0.29, 0.717) is 30.8 Å². The minimum Gasteiger partial charge on any atom is -0.454 e. The number of sulfone groups is 1.